The minimum absolute atomic E-state index is 0.0270. The van der Waals surface area contributed by atoms with Crippen molar-refractivity contribution in [2.75, 3.05) is 18.6 Å². The van der Waals surface area contributed by atoms with Crippen molar-refractivity contribution < 1.29 is 9.84 Å². The number of ether oxygens (including phenoxy) is 1. The third kappa shape index (κ3) is 2.40. The zero-order valence-electron chi connectivity index (χ0n) is 13.7. The molecule has 0 aliphatic rings. The third-order valence-corrected chi connectivity index (χ3v) is 3.92. The molecule has 24 heavy (non-hydrogen) atoms. The topological polar surface area (TPSA) is 112 Å². The van der Waals surface area contributed by atoms with Crippen LogP contribution in [0.1, 0.15) is 11.3 Å². The predicted octanol–water partition coefficient (Wildman–Crippen LogP) is 2.43. The number of hydrogen-bond acceptors (Lipinski definition) is 6. The Morgan fingerprint density at radius 3 is 2.62 bits per heavy atom. The maximum absolute atomic E-state index is 10.0. The number of aromatic hydroxyl groups is 1. The maximum atomic E-state index is 10.0. The molecule has 0 unspecified atom stereocenters. The van der Waals surface area contributed by atoms with Gasteiger partial charge in [-0.3, -0.25) is 9.55 Å². The number of anilines is 2. The number of nitrogen functional groups attached to an aromatic ring is 2. The predicted molar refractivity (Wildman–Crippen MR) is 93.3 cm³/mol. The van der Waals surface area contributed by atoms with E-state index in [1.165, 1.54) is 19.2 Å². The lowest BCUT2D eigenvalue weighted by atomic mass is 10.1. The summed E-state index contributed by atoms with van der Waals surface area (Å²) in [6, 6.07) is 4.86. The second-order valence-corrected chi connectivity index (χ2v) is 5.51. The van der Waals surface area contributed by atoms with Crippen molar-refractivity contribution in [2.45, 2.75) is 13.8 Å². The van der Waals surface area contributed by atoms with E-state index in [9.17, 15) is 5.11 Å². The molecule has 1 aromatic carbocycles. The quantitative estimate of drug-likeness (QED) is 0.503. The van der Waals surface area contributed by atoms with E-state index in [4.69, 9.17) is 16.2 Å². The van der Waals surface area contributed by atoms with Gasteiger partial charge in [0.2, 0.25) is 0 Å². The fraction of sp³-hybridized carbons (Fsp3) is 0.176. The normalized spacial score (nSPS) is 10.8. The number of rotatable bonds is 3. The average Bonchev–Trinajstić information content (AvgIpc) is 2.85. The summed E-state index contributed by atoms with van der Waals surface area (Å²) < 4.78 is 6.95. The molecule has 0 spiro atoms. The summed E-state index contributed by atoms with van der Waals surface area (Å²) in [6.45, 7) is 3.77. The van der Waals surface area contributed by atoms with Crippen molar-refractivity contribution in [3.8, 4) is 28.6 Å². The van der Waals surface area contributed by atoms with E-state index < -0.39 is 0 Å². The summed E-state index contributed by atoms with van der Waals surface area (Å²) in [5.74, 6) is 1.47. The first-order valence-corrected chi connectivity index (χ1v) is 7.36. The molecule has 0 saturated heterocycles. The fourth-order valence-electron chi connectivity index (χ4n) is 2.64. The van der Waals surface area contributed by atoms with Crippen molar-refractivity contribution in [3.05, 3.63) is 41.9 Å². The number of hydrogen-bond donors (Lipinski definition) is 3. The van der Waals surface area contributed by atoms with Crippen LogP contribution < -0.4 is 16.2 Å². The highest BCUT2D eigenvalue weighted by atomic mass is 16.5. The Labute approximate surface area is 139 Å². The summed E-state index contributed by atoms with van der Waals surface area (Å²) in [5.41, 5.74) is 15.8. The van der Waals surface area contributed by atoms with Crippen LogP contribution in [0.25, 0.3) is 17.1 Å². The summed E-state index contributed by atoms with van der Waals surface area (Å²) in [4.78, 5) is 8.68. The van der Waals surface area contributed by atoms with E-state index >= 15 is 0 Å². The lowest BCUT2D eigenvalue weighted by Gasteiger charge is -2.16. The van der Waals surface area contributed by atoms with Crippen molar-refractivity contribution in [1.29, 1.82) is 0 Å². The van der Waals surface area contributed by atoms with Gasteiger partial charge in [0.1, 0.15) is 23.1 Å². The number of phenolic OH excluding ortho intramolecular Hbond substituents is 1. The minimum Gasteiger partial charge on any atom is -0.508 e. The number of aryl methyl sites for hydroxylation is 2. The zero-order valence-corrected chi connectivity index (χ0v) is 13.7. The highest BCUT2D eigenvalue weighted by Gasteiger charge is 2.20. The van der Waals surface area contributed by atoms with Gasteiger partial charge in [-0.05, 0) is 25.5 Å². The van der Waals surface area contributed by atoms with Gasteiger partial charge in [0.25, 0.3) is 0 Å². The first kappa shape index (κ1) is 15.7. The van der Waals surface area contributed by atoms with Gasteiger partial charge < -0.3 is 21.3 Å². The number of methoxy groups -OCH3 is 1. The molecule has 0 atom stereocenters. The lowest BCUT2D eigenvalue weighted by molar-refractivity contribution is 0.409. The molecule has 0 radical (unpaired) electrons. The van der Waals surface area contributed by atoms with Crippen LogP contribution in [0.2, 0.25) is 0 Å². The van der Waals surface area contributed by atoms with Crippen LogP contribution in [0.4, 0.5) is 11.5 Å². The van der Waals surface area contributed by atoms with Crippen LogP contribution in [0.15, 0.2) is 30.6 Å². The summed E-state index contributed by atoms with van der Waals surface area (Å²) >= 11 is 0. The molecular weight excluding hydrogens is 306 g/mol. The minimum atomic E-state index is 0.0270. The SMILES string of the molecule is COc1cc(O)cc(-n2c(-c3ccncc3C)nc(C)c2N)c1N. The Morgan fingerprint density at radius 2 is 1.96 bits per heavy atom. The van der Waals surface area contributed by atoms with Gasteiger partial charge in [-0.2, -0.15) is 0 Å². The Morgan fingerprint density at radius 1 is 1.21 bits per heavy atom. The highest BCUT2D eigenvalue weighted by molar-refractivity contribution is 5.75. The van der Waals surface area contributed by atoms with Crippen LogP contribution in [-0.4, -0.2) is 26.8 Å². The van der Waals surface area contributed by atoms with E-state index in [-0.39, 0.29) is 5.75 Å². The van der Waals surface area contributed by atoms with Crippen LogP contribution >= 0.6 is 0 Å². The van der Waals surface area contributed by atoms with Crippen LogP contribution in [0.5, 0.6) is 11.5 Å². The van der Waals surface area contributed by atoms with E-state index in [0.717, 1.165) is 11.1 Å². The van der Waals surface area contributed by atoms with Crippen LogP contribution in [-0.2, 0) is 0 Å². The highest BCUT2D eigenvalue weighted by Crippen LogP contribution is 2.38. The molecule has 0 aliphatic heterocycles. The molecule has 5 N–H and O–H groups in total. The number of phenols is 1. The monoisotopic (exact) mass is 325 g/mol. The Balaban J connectivity index is 2.35. The van der Waals surface area contributed by atoms with Gasteiger partial charge in [-0.1, -0.05) is 0 Å². The number of nitrogens with zero attached hydrogens (tertiary/aromatic N) is 3. The Hall–Kier alpha value is -3.22. The fourth-order valence-corrected chi connectivity index (χ4v) is 2.64. The van der Waals surface area contributed by atoms with Crippen molar-refractivity contribution in [2.24, 2.45) is 0 Å². The molecule has 2 heterocycles. The van der Waals surface area contributed by atoms with Crippen molar-refractivity contribution in [3.63, 3.8) is 0 Å². The number of pyridine rings is 1. The van der Waals surface area contributed by atoms with E-state index in [1.54, 1.807) is 17.0 Å². The molecule has 3 rings (SSSR count). The molecule has 0 amide bonds. The van der Waals surface area contributed by atoms with Crippen molar-refractivity contribution >= 4 is 11.5 Å². The number of benzene rings is 1. The molecule has 0 saturated carbocycles. The maximum Gasteiger partial charge on any atom is 0.147 e. The van der Waals surface area contributed by atoms with Crippen molar-refractivity contribution in [1.82, 2.24) is 14.5 Å². The molecule has 0 bridgehead atoms. The molecule has 3 aromatic rings. The largest absolute Gasteiger partial charge is 0.508 e. The van der Waals surface area contributed by atoms with Gasteiger partial charge in [0.05, 0.1) is 24.2 Å². The summed E-state index contributed by atoms with van der Waals surface area (Å²) in [5, 5.41) is 10.0. The summed E-state index contributed by atoms with van der Waals surface area (Å²) in [6.07, 6.45) is 3.45. The number of imidazole rings is 1. The molecule has 0 aliphatic carbocycles. The number of nitrogens with two attached hydrogens (primary N) is 2. The Kier molecular flexibility index (Phi) is 3.76. The molecule has 7 heteroatoms. The third-order valence-electron chi connectivity index (χ3n) is 3.92. The van der Waals surface area contributed by atoms with E-state index in [1.807, 2.05) is 19.9 Å². The second-order valence-electron chi connectivity index (χ2n) is 5.51. The molecular formula is C17H19N5O2. The van der Waals surface area contributed by atoms with Gasteiger partial charge >= 0.3 is 0 Å². The average molecular weight is 325 g/mol. The smallest absolute Gasteiger partial charge is 0.147 e. The molecule has 124 valence electrons. The van der Waals surface area contributed by atoms with Gasteiger partial charge in [-0.15, -0.1) is 0 Å². The van der Waals surface area contributed by atoms with Gasteiger partial charge in [-0.25, -0.2) is 4.98 Å². The van der Waals surface area contributed by atoms with Crippen LogP contribution in [0, 0.1) is 13.8 Å². The molecule has 2 aromatic heterocycles. The van der Waals surface area contributed by atoms with Gasteiger partial charge in [0.15, 0.2) is 0 Å². The first-order chi connectivity index (χ1) is 11.4. The lowest BCUT2D eigenvalue weighted by Crippen LogP contribution is -2.07. The molecule has 7 nitrogen and oxygen atoms in total. The van der Waals surface area contributed by atoms with E-state index in [2.05, 4.69) is 9.97 Å². The first-order valence-electron chi connectivity index (χ1n) is 7.36. The second kappa shape index (κ2) is 5.77. The van der Waals surface area contributed by atoms with E-state index in [0.29, 0.717) is 34.5 Å². The van der Waals surface area contributed by atoms with Crippen LogP contribution in [0.3, 0.4) is 0 Å². The Bertz CT molecular complexity index is 918. The summed E-state index contributed by atoms with van der Waals surface area (Å²) in [7, 11) is 1.49. The zero-order chi connectivity index (χ0) is 17.4. The standard InChI is InChI=1S/C17H19N5O2/c1-9-8-20-5-4-12(9)17-21-10(2)16(19)22(17)13-6-11(23)7-14(24-3)15(13)18/h4-8,23H,18-19H2,1-3H3. The van der Waals surface area contributed by atoms with Gasteiger partial charge in [0, 0.05) is 30.1 Å². The number of aromatic nitrogens is 3. The molecule has 0 fully saturated rings.